The van der Waals surface area contributed by atoms with Gasteiger partial charge in [0.1, 0.15) is 0 Å². The topological polar surface area (TPSA) is 41.1 Å². The molecule has 2 N–H and O–H groups in total. The fourth-order valence-electron chi connectivity index (χ4n) is 2.11. The molecule has 3 nitrogen and oxygen atoms in total. The van der Waals surface area contributed by atoms with Crippen molar-refractivity contribution < 1.29 is 4.79 Å². The second kappa shape index (κ2) is 6.64. The number of hydrogen-bond acceptors (Lipinski definition) is 2. The zero-order chi connectivity index (χ0) is 15.4. The molecule has 2 rings (SSSR count). The molecule has 0 bridgehead atoms. The minimum absolute atomic E-state index is 0.160. The van der Waals surface area contributed by atoms with Crippen LogP contribution in [0.25, 0.3) is 0 Å². The molecule has 0 aliphatic rings. The molecule has 0 atom stereocenters. The average molecular weight is 303 g/mol. The summed E-state index contributed by atoms with van der Waals surface area (Å²) in [7, 11) is 0. The summed E-state index contributed by atoms with van der Waals surface area (Å²) in [6.45, 7) is 6.83. The molecular weight excluding hydrogens is 284 g/mol. The highest BCUT2D eigenvalue weighted by Crippen LogP contribution is 2.24. The Balaban J connectivity index is 2.18. The van der Waals surface area contributed by atoms with E-state index in [2.05, 4.69) is 10.6 Å². The maximum atomic E-state index is 12.3. The van der Waals surface area contributed by atoms with Crippen molar-refractivity contribution >= 4 is 28.9 Å². The van der Waals surface area contributed by atoms with Gasteiger partial charge in [0.2, 0.25) is 0 Å². The first-order valence-corrected chi connectivity index (χ1v) is 7.31. The molecule has 0 saturated heterocycles. The van der Waals surface area contributed by atoms with Gasteiger partial charge < -0.3 is 10.6 Å². The van der Waals surface area contributed by atoms with Crippen molar-refractivity contribution in [2.45, 2.75) is 20.8 Å². The number of aryl methyl sites for hydroxylation is 2. The minimum Gasteiger partial charge on any atom is -0.385 e. The molecule has 0 radical (unpaired) electrons. The Morgan fingerprint density at radius 1 is 1.10 bits per heavy atom. The number of anilines is 2. The molecule has 0 fully saturated rings. The summed E-state index contributed by atoms with van der Waals surface area (Å²) in [6.07, 6.45) is 0. The molecule has 2 aromatic rings. The van der Waals surface area contributed by atoms with Crippen molar-refractivity contribution in [2.75, 3.05) is 17.2 Å². The first-order valence-electron chi connectivity index (χ1n) is 6.93. The van der Waals surface area contributed by atoms with Gasteiger partial charge in [-0.3, -0.25) is 4.79 Å². The first kappa shape index (κ1) is 15.4. The van der Waals surface area contributed by atoms with Crippen LogP contribution in [0.1, 0.15) is 28.4 Å². The van der Waals surface area contributed by atoms with Crippen molar-refractivity contribution in [3.8, 4) is 0 Å². The van der Waals surface area contributed by atoms with Crippen LogP contribution < -0.4 is 10.6 Å². The van der Waals surface area contributed by atoms with Gasteiger partial charge in [-0.05, 0) is 62.2 Å². The van der Waals surface area contributed by atoms with Gasteiger partial charge >= 0.3 is 0 Å². The van der Waals surface area contributed by atoms with Crippen LogP contribution in [-0.2, 0) is 0 Å². The maximum Gasteiger partial charge on any atom is 0.255 e. The van der Waals surface area contributed by atoms with Crippen LogP contribution in [0.15, 0.2) is 36.4 Å². The largest absolute Gasteiger partial charge is 0.385 e. The standard InChI is InChI=1S/C17H19ClN2O/c1-4-19-15-8-6-13(10-12(15)3)17(21)20-16-7-5-11(2)9-14(16)18/h5-10,19H,4H2,1-3H3,(H,20,21). The number of rotatable bonds is 4. The molecule has 0 saturated carbocycles. The lowest BCUT2D eigenvalue weighted by Crippen LogP contribution is -2.13. The Morgan fingerprint density at radius 3 is 2.43 bits per heavy atom. The highest BCUT2D eigenvalue weighted by molar-refractivity contribution is 6.34. The summed E-state index contributed by atoms with van der Waals surface area (Å²) < 4.78 is 0. The fourth-order valence-corrected chi connectivity index (χ4v) is 2.39. The van der Waals surface area contributed by atoms with Crippen molar-refractivity contribution in [3.63, 3.8) is 0 Å². The van der Waals surface area contributed by atoms with E-state index in [0.29, 0.717) is 16.3 Å². The van der Waals surface area contributed by atoms with E-state index < -0.39 is 0 Å². The van der Waals surface area contributed by atoms with Gasteiger partial charge in [0.15, 0.2) is 0 Å². The molecule has 1 amide bonds. The van der Waals surface area contributed by atoms with Crippen LogP contribution in [0.2, 0.25) is 5.02 Å². The second-order valence-electron chi connectivity index (χ2n) is 5.00. The number of carbonyl (C=O) groups is 1. The lowest BCUT2D eigenvalue weighted by molar-refractivity contribution is 0.102. The monoisotopic (exact) mass is 302 g/mol. The molecular formula is C17H19ClN2O. The Hall–Kier alpha value is -2.00. The van der Waals surface area contributed by atoms with E-state index in [0.717, 1.165) is 23.4 Å². The van der Waals surface area contributed by atoms with E-state index in [1.165, 1.54) is 0 Å². The van der Waals surface area contributed by atoms with Crippen molar-refractivity contribution in [1.29, 1.82) is 0 Å². The van der Waals surface area contributed by atoms with Crippen molar-refractivity contribution in [2.24, 2.45) is 0 Å². The Bertz CT molecular complexity index is 668. The lowest BCUT2D eigenvalue weighted by Gasteiger charge is -2.11. The summed E-state index contributed by atoms with van der Waals surface area (Å²) in [5.41, 5.74) is 4.39. The zero-order valence-corrected chi connectivity index (χ0v) is 13.2. The molecule has 0 aliphatic carbocycles. The van der Waals surface area contributed by atoms with Crippen molar-refractivity contribution in [3.05, 3.63) is 58.1 Å². The summed E-state index contributed by atoms with van der Waals surface area (Å²) in [6, 6.07) is 11.2. The van der Waals surface area contributed by atoms with Crippen LogP contribution in [-0.4, -0.2) is 12.5 Å². The fraction of sp³-hybridized carbons (Fsp3) is 0.235. The molecule has 0 aromatic heterocycles. The van der Waals surface area contributed by atoms with Gasteiger partial charge in [-0.15, -0.1) is 0 Å². The highest BCUT2D eigenvalue weighted by atomic mass is 35.5. The molecule has 0 heterocycles. The normalized spacial score (nSPS) is 10.3. The first-order chi connectivity index (χ1) is 10.0. The van der Waals surface area contributed by atoms with Crippen LogP contribution in [0.4, 0.5) is 11.4 Å². The molecule has 21 heavy (non-hydrogen) atoms. The number of amides is 1. The molecule has 0 spiro atoms. The summed E-state index contributed by atoms with van der Waals surface area (Å²) in [5.74, 6) is -0.160. The predicted molar refractivity (Wildman–Crippen MR) is 89.5 cm³/mol. The quantitative estimate of drug-likeness (QED) is 0.863. The molecule has 4 heteroatoms. The zero-order valence-electron chi connectivity index (χ0n) is 12.5. The Labute approximate surface area is 130 Å². The lowest BCUT2D eigenvalue weighted by atomic mass is 10.1. The number of hydrogen-bond donors (Lipinski definition) is 2. The van der Waals surface area contributed by atoms with Gasteiger partial charge in [-0.25, -0.2) is 0 Å². The van der Waals surface area contributed by atoms with Gasteiger partial charge in [-0.2, -0.15) is 0 Å². The third-order valence-corrected chi connectivity index (χ3v) is 3.54. The van der Waals surface area contributed by atoms with Gasteiger partial charge in [-0.1, -0.05) is 17.7 Å². The van der Waals surface area contributed by atoms with Gasteiger partial charge in [0.25, 0.3) is 5.91 Å². The van der Waals surface area contributed by atoms with E-state index >= 15 is 0 Å². The van der Waals surface area contributed by atoms with E-state index in [-0.39, 0.29) is 5.91 Å². The van der Waals surface area contributed by atoms with Crippen LogP contribution >= 0.6 is 11.6 Å². The Kier molecular flexibility index (Phi) is 4.86. The van der Waals surface area contributed by atoms with E-state index in [4.69, 9.17) is 11.6 Å². The molecule has 2 aromatic carbocycles. The van der Waals surface area contributed by atoms with Crippen molar-refractivity contribution in [1.82, 2.24) is 0 Å². The van der Waals surface area contributed by atoms with Crippen LogP contribution in [0.5, 0.6) is 0 Å². The minimum atomic E-state index is -0.160. The maximum absolute atomic E-state index is 12.3. The highest BCUT2D eigenvalue weighted by Gasteiger charge is 2.10. The number of nitrogens with one attached hydrogen (secondary N) is 2. The smallest absolute Gasteiger partial charge is 0.255 e. The molecule has 0 unspecified atom stereocenters. The average Bonchev–Trinajstić information content (AvgIpc) is 2.44. The molecule has 110 valence electrons. The third-order valence-electron chi connectivity index (χ3n) is 3.23. The van der Waals surface area contributed by atoms with E-state index in [9.17, 15) is 4.79 Å². The summed E-state index contributed by atoms with van der Waals surface area (Å²) in [4.78, 5) is 12.3. The number of carbonyl (C=O) groups excluding carboxylic acids is 1. The summed E-state index contributed by atoms with van der Waals surface area (Å²) in [5, 5.41) is 6.64. The van der Waals surface area contributed by atoms with Crippen LogP contribution in [0.3, 0.4) is 0 Å². The Morgan fingerprint density at radius 2 is 1.81 bits per heavy atom. The van der Waals surface area contributed by atoms with Crippen LogP contribution in [0, 0.1) is 13.8 Å². The number of benzene rings is 2. The number of halogens is 1. The van der Waals surface area contributed by atoms with Gasteiger partial charge in [0, 0.05) is 17.8 Å². The SMILES string of the molecule is CCNc1ccc(C(=O)Nc2ccc(C)cc2Cl)cc1C. The second-order valence-corrected chi connectivity index (χ2v) is 5.40. The van der Waals surface area contributed by atoms with Gasteiger partial charge in [0.05, 0.1) is 10.7 Å². The predicted octanol–water partition coefficient (Wildman–Crippen LogP) is 4.64. The summed E-state index contributed by atoms with van der Waals surface area (Å²) >= 11 is 6.13. The van der Waals surface area contributed by atoms with E-state index in [1.54, 1.807) is 0 Å². The van der Waals surface area contributed by atoms with E-state index in [1.807, 2.05) is 57.2 Å². The molecule has 0 aliphatic heterocycles. The third kappa shape index (κ3) is 3.76.